The van der Waals surface area contributed by atoms with Gasteiger partial charge in [0.1, 0.15) is 0 Å². The van der Waals surface area contributed by atoms with Crippen LogP contribution in [0, 0.1) is 5.92 Å². The highest BCUT2D eigenvalue weighted by molar-refractivity contribution is 14.0. The Morgan fingerprint density at radius 3 is 2.48 bits per heavy atom. The third kappa shape index (κ3) is 10.3. The van der Waals surface area contributed by atoms with Crippen LogP contribution in [0.4, 0.5) is 0 Å². The number of hydrogen-bond acceptors (Lipinski definition) is 4. The van der Waals surface area contributed by atoms with E-state index in [1.165, 1.54) is 0 Å². The molecule has 0 aromatic rings. The smallest absolute Gasteiger partial charge is 0.220 e. The fourth-order valence-corrected chi connectivity index (χ4v) is 2.91. The molecule has 0 aromatic heterocycles. The molecule has 6 nitrogen and oxygen atoms in total. The van der Waals surface area contributed by atoms with Gasteiger partial charge in [0.25, 0.3) is 0 Å². The van der Waals surface area contributed by atoms with Crippen LogP contribution < -0.4 is 16.4 Å². The molecule has 1 saturated heterocycles. The summed E-state index contributed by atoms with van der Waals surface area (Å²) < 4.78 is 0. The number of nitrogens with two attached hydrogens (primary N) is 1. The van der Waals surface area contributed by atoms with Gasteiger partial charge in [0.15, 0.2) is 5.96 Å². The quantitative estimate of drug-likeness (QED) is 0.209. The van der Waals surface area contributed by atoms with Crippen LogP contribution in [0.1, 0.15) is 25.7 Å². The van der Waals surface area contributed by atoms with Gasteiger partial charge in [-0.3, -0.25) is 9.79 Å². The average molecular weight is 457 g/mol. The van der Waals surface area contributed by atoms with Crippen molar-refractivity contribution in [1.29, 1.82) is 0 Å². The number of carbonyl (C=O) groups excluding carboxylic acids is 1. The maximum Gasteiger partial charge on any atom is 0.220 e. The molecule has 136 valence electrons. The van der Waals surface area contributed by atoms with Gasteiger partial charge in [-0.25, -0.2) is 0 Å². The van der Waals surface area contributed by atoms with E-state index in [0.717, 1.165) is 70.1 Å². The molecule has 1 aliphatic heterocycles. The van der Waals surface area contributed by atoms with Crippen LogP contribution in [0.15, 0.2) is 4.99 Å². The minimum absolute atomic E-state index is 0. The Balaban J connectivity index is 0.00000484. The Labute approximate surface area is 161 Å². The molecule has 1 amide bonds. The summed E-state index contributed by atoms with van der Waals surface area (Å²) in [6, 6.07) is 0. The maximum atomic E-state index is 11.1. The molecule has 0 bridgehead atoms. The number of carbonyl (C=O) groups is 1. The Kier molecular flexibility index (Phi) is 14.0. The number of hydrogen-bond donors (Lipinski definition) is 3. The molecule has 1 rings (SSSR count). The van der Waals surface area contributed by atoms with Gasteiger partial charge in [0.2, 0.25) is 5.91 Å². The molecule has 1 heterocycles. The Hall–Kier alpha value is -0.220. The molecule has 0 unspecified atom stereocenters. The standard InChI is InChI=1S/C15H31N5OS.HI/c1-17-15(19-8-12-22-2)18-7-3-4-9-20-10-5-13(6-11-20)14(16)21;/h13H,3-12H2,1-2H3,(H2,16,21)(H2,17,18,19);1H. The van der Waals surface area contributed by atoms with Crippen molar-refractivity contribution >= 4 is 47.6 Å². The van der Waals surface area contributed by atoms with Crippen LogP contribution in [0.5, 0.6) is 0 Å². The van der Waals surface area contributed by atoms with Crippen molar-refractivity contribution in [1.82, 2.24) is 15.5 Å². The van der Waals surface area contributed by atoms with E-state index >= 15 is 0 Å². The lowest BCUT2D eigenvalue weighted by atomic mass is 9.96. The van der Waals surface area contributed by atoms with Crippen molar-refractivity contribution in [3.05, 3.63) is 0 Å². The number of likely N-dealkylation sites (tertiary alicyclic amines) is 1. The predicted octanol–water partition coefficient (Wildman–Crippen LogP) is 1.11. The summed E-state index contributed by atoms with van der Waals surface area (Å²) in [5, 5.41) is 6.63. The molecule has 1 aliphatic rings. The third-order valence-corrected chi connectivity index (χ3v) is 4.62. The van der Waals surface area contributed by atoms with Gasteiger partial charge in [-0.2, -0.15) is 11.8 Å². The lowest BCUT2D eigenvalue weighted by Crippen LogP contribution is -2.40. The number of amides is 1. The number of piperidine rings is 1. The highest BCUT2D eigenvalue weighted by Gasteiger charge is 2.22. The fraction of sp³-hybridized carbons (Fsp3) is 0.867. The number of rotatable bonds is 9. The van der Waals surface area contributed by atoms with Gasteiger partial charge in [-0.1, -0.05) is 0 Å². The molecule has 0 spiro atoms. The summed E-state index contributed by atoms with van der Waals surface area (Å²) in [7, 11) is 1.80. The highest BCUT2D eigenvalue weighted by Crippen LogP contribution is 2.16. The lowest BCUT2D eigenvalue weighted by molar-refractivity contribution is -0.123. The molecule has 0 saturated carbocycles. The molecule has 0 radical (unpaired) electrons. The van der Waals surface area contributed by atoms with Crippen molar-refractivity contribution in [3.8, 4) is 0 Å². The normalized spacial score (nSPS) is 16.7. The number of nitrogens with zero attached hydrogens (tertiary/aromatic N) is 2. The topological polar surface area (TPSA) is 82.8 Å². The molecule has 23 heavy (non-hydrogen) atoms. The van der Waals surface area contributed by atoms with Gasteiger partial charge >= 0.3 is 0 Å². The van der Waals surface area contributed by atoms with Crippen molar-refractivity contribution in [2.24, 2.45) is 16.6 Å². The minimum Gasteiger partial charge on any atom is -0.369 e. The van der Waals surface area contributed by atoms with Crippen LogP contribution >= 0.6 is 35.7 Å². The number of unbranched alkanes of at least 4 members (excludes halogenated alkanes) is 1. The SMILES string of the molecule is CN=C(NCCCCN1CCC(C(N)=O)CC1)NCCSC.I. The van der Waals surface area contributed by atoms with Gasteiger partial charge in [-0.15, -0.1) is 24.0 Å². The van der Waals surface area contributed by atoms with E-state index in [0.29, 0.717) is 0 Å². The zero-order valence-electron chi connectivity index (χ0n) is 14.3. The summed E-state index contributed by atoms with van der Waals surface area (Å²) in [5.41, 5.74) is 5.35. The molecule has 1 fully saturated rings. The molecule has 0 atom stereocenters. The number of nitrogens with one attached hydrogen (secondary N) is 2. The number of guanidine groups is 1. The zero-order chi connectivity index (χ0) is 16.2. The summed E-state index contributed by atoms with van der Waals surface area (Å²) >= 11 is 1.82. The molecular weight excluding hydrogens is 425 g/mol. The van der Waals surface area contributed by atoms with Gasteiger partial charge in [-0.05, 0) is 51.6 Å². The van der Waals surface area contributed by atoms with E-state index in [1.807, 2.05) is 11.8 Å². The van der Waals surface area contributed by atoms with Gasteiger partial charge in [0, 0.05) is 31.8 Å². The van der Waals surface area contributed by atoms with Gasteiger partial charge in [0.05, 0.1) is 0 Å². The minimum atomic E-state index is -0.135. The zero-order valence-corrected chi connectivity index (χ0v) is 17.5. The molecule has 0 aromatic carbocycles. The van der Waals surface area contributed by atoms with E-state index in [9.17, 15) is 4.79 Å². The van der Waals surface area contributed by atoms with Crippen molar-refractivity contribution in [2.45, 2.75) is 25.7 Å². The summed E-state index contributed by atoms with van der Waals surface area (Å²) in [6.07, 6.45) is 6.22. The first kappa shape index (κ1) is 22.8. The Morgan fingerprint density at radius 2 is 1.91 bits per heavy atom. The summed E-state index contributed by atoms with van der Waals surface area (Å²) in [5.74, 6) is 1.93. The van der Waals surface area contributed by atoms with Gasteiger partial charge < -0.3 is 21.3 Å². The van der Waals surface area contributed by atoms with E-state index in [-0.39, 0.29) is 35.8 Å². The second kappa shape index (κ2) is 14.2. The number of halogens is 1. The third-order valence-electron chi connectivity index (χ3n) is 4.01. The fourth-order valence-electron chi connectivity index (χ4n) is 2.60. The van der Waals surface area contributed by atoms with E-state index < -0.39 is 0 Å². The largest absolute Gasteiger partial charge is 0.369 e. The van der Waals surface area contributed by atoms with Crippen LogP contribution in [0.3, 0.4) is 0 Å². The number of aliphatic imine (C=N–C) groups is 1. The maximum absolute atomic E-state index is 11.1. The number of thioether (sulfide) groups is 1. The Morgan fingerprint density at radius 1 is 1.26 bits per heavy atom. The van der Waals surface area contributed by atoms with Crippen LogP contribution in [-0.4, -0.2) is 68.5 Å². The lowest BCUT2D eigenvalue weighted by Gasteiger charge is -2.30. The first-order valence-corrected chi connectivity index (χ1v) is 9.52. The first-order chi connectivity index (χ1) is 10.7. The van der Waals surface area contributed by atoms with Crippen LogP contribution in [0.25, 0.3) is 0 Å². The molecule has 0 aliphatic carbocycles. The van der Waals surface area contributed by atoms with Crippen molar-refractivity contribution < 1.29 is 4.79 Å². The van der Waals surface area contributed by atoms with Crippen LogP contribution in [0.2, 0.25) is 0 Å². The second-order valence-electron chi connectivity index (χ2n) is 5.64. The average Bonchev–Trinajstić information content (AvgIpc) is 2.53. The van der Waals surface area contributed by atoms with E-state index in [1.54, 1.807) is 7.05 Å². The summed E-state index contributed by atoms with van der Waals surface area (Å²) in [4.78, 5) is 17.8. The van der Waals surface area contributed by atoms with Crippen molar-refractivity contribution in [3.63, 3.8) is 0 Å². The molecule has 8 heteroatoms. The predicted molar refractivity (Wildman–Crippen MR) is 111 cm³/mol. The van der Waals surface area contributed by atoms with E-state index in [2.05, 4.69) is 26.8 Å². The van der Waals surface area contributed by atoms with Crippen molar-refractivity contribution in [2.75, 3.05) is 51.8 Å². The number of primary amides is 1. The molecular formula is C15H32IN5OS. The summed E-state index contributed by atoms with van der Waals surface area (Å²) in [6.45, 7) is 4.98. The first-order valence-electron chi connectivity index (χ1n) is 8.12. The molecule has 4 N–H and O–H groups in total. The Bertz CT molecular complexity index is 349. The second-order valence-corrected chi connectivity index (χ2v) is 6.63. The van der Waals surface area contributed by atoms with Crippen LogP contribution in [-0.2, 0) is 4.79 Å². The van der Waals surface area contributed by atoms with E-state index in [4.69, 9.17) is 5.73 Å². The highest BCUT2D eigenvalue weighted by atomic mass is 127. The monoisotopic (exact) mass is 457 g/mol.